The lowest BCUT2D eigenvalue weighted by atomic mass is 9.79. The fourth-order valence-electron chi connectivity index (χ4n) is 7.26. The van der Waals surface area contributed by atoms with Crippen molar-refractivity contribution in [3.8, 4) is 0 Å². The van der Waals surface area contributed by atoms with Crippen LogP contribution in [0.3, 0.4) is 0 Å². The van der Waals surface area contributed by atoms with Crippen molar-refractivity contribution in [3.05, 3.63) is 83.7 Å². The van der Waals surface area contributed by atoms with Gasteiger partial charge in [0.15, 0.2) is 0 Å². The van der Waals surface area contributed by atoms with E-state index in [0.29, 0.717) is 25.3 Å². The van der Waals surface area contributed by atoms with Gasteiger partial charge in [-0.15, -0.1) is 0 Å². The quantitative estimate of drug-likeness (QED) is 0.188. The van der Waals surface area contributed by atoms with Crippen LogP contribution in [0.5, 0.6) is 0 Å². The summed E-state index contributed by atoms with van der Waals surface area (Å²) in [6, 6.07) is 8.21. The maximum Gasteiger partial charge on any atom is 0.243 e. The highest BCUT2D eigenvalue weighted by Crippen LogP contribution is 2.38. The van der Waals surface area contributed by atoms with Crippen molar-refractivity contribution in [1.29, 1.82) is 0 Å². The molecule has 48 heavy (non-hydrogen) atoms. The predicted molar refractivity (Wildman–Crippen MR) is 181 cm³/mol. The Kier molecular flexibility index (Phi) is 11.9. The molecule has 256 valence electrons. The first-order valence-electron chi connectivity index (χ1n) is 17.0. The number of likely N-dealkylation sites (tertiary alicyclic amines) is 1. The molecule has 2 fully saturated rings. The molecule has 0 radical (unpaired) electrons. The van der Waals surface area contributed by atoms with Crippen LogP contribution >= 0.6 is 0 Å². The molecule has 1 aromatic carbocycles. The van der Waals surface area contributed by atoms with E-state index in [2.05, 4.69) is 30.9 Å². The highest BCUT2D eigenvalue weighted by atomic mass is 16.2. The molecule has 2 aliphatic rings. The molecule has 0 spiro atoms. The number of aryl methyl sites for hydroxylation is 1. The fourth-order valence-corrected chi connectivity index (χ4v) is 7.26. The van der Waals surface area contributed by atoms with Crippen LogP contribution < -0.4 is 21.7 Å². The van der Waals surface area contributed by atoms with Crippen LogP contribution in [0.25, 0.3) is 0 Å². The smallest absolute Gasteiger partial charge is 0.243 e. The molecule has 1 saturated carbocycles. The number of amides is 4. The number of aromatic nitrogens is 3. The molecule has 1 aliphatic heterocycles. The summed E-state index contributed by atoms with van der Waals surface area (Å²) in [5.41, 5.74) is 9.62. The summed E-state index contributed by atoms with van der Waals surface area (Å²) in [4.78, 5) is 67.3. The van der Waals surface area contributed by atoms with Crippen LogP contribution in [0.1, 0.15) is 73.4 Å². The van der Waals surface area contributed by atoms with Gasteiger partial charge in [0, 0.05) is 50.7 Å². The van der Waals surface area contributed by atoms with Crippen LogP contribution in [0.15, 0.2) is 61.3 Å². The maximum atomic E-state index is 14.3. The molecule has 5 atom stereocenters. The molecule has 2 aromatic heterocycles. The average Bonchev–Trinajstić information content (AvgIpc) is 3.79. The molecule has 1 aliphatic carbocycles. The average molecular weight is 657 g/mol. The molecule has 6 N–H and O–H groups in total. The normalized spacial score (nSPS) is 20.0. The zero-order valence-electron chi connectivity index (χ0n) is 27.9. The van der Waals surface area contributed by atoms with E-state index in [1.807, 2.05) is 43.3 Å². The molecule has 12 heteroatoms. The van der Waals surface area contributed by atoms with Gasteiger partial charge < -0.3 is 31.6 Å². The fraction of sp³-hybridized carbons (Fsp3) is 0.500. The number of nitrogens with two attached hydrogens (primary N) is 1. The van der Waals surface area contributed by atoms with Gasteiger partial charge in [0.2, 0.25) is 23.6 Å². The first kappa shape index (κ1) is 34.7. The van der Waals surface area contributed by atoms with E-state index < -0.39 is 24.2 Å². The van der Waals surface area contributed by atoms with Crippen LogP contribution in [-0.4, -0.2) is 75.2 Å². The van der Waals surface area contributed by atoms with Gasteiger partial charge >= 0.3 is 0 Å². The molecule has 3 aromatic rings. The molecule has 0 bridgehead atoms. The van der Waals surface area contributed by atoms with Gasteiger partial charge in [-0.2, -0.15) is 0 Å². The zero-order valence-corrected chi connectivity index (χ0v) is 27.9. The summed E-state index contributed by atoms with van der Waals surface area (Å²) < 4.78 is 0. The number of rotatable bonds is 13. The third kappa shape index (κ3) is 8.85. The van der Waals surface area contributed by atoms with Crippen molar-refractivity contribution >= 4 is 23.6 Å². The van der Waals surface area contributed by atoms with Gasteiger partial charge in [-0.3, -0.25) is 24.2 Å². The lowest BCUT2D eigenvalue weighted by molar-refractivity contribution is -0.140. The Labute approximate surface area is 282 Å². The monoisotopic (exact) mass is 656 g/mol. The summed E-state index contributed by atoms with van der Waals surface area (Å²) in [6.45, 7) is 2.40. The van der Waals surface area contributed by atoms with Crippen LogP contribution in [0, 0.1) is 18.8 Å². The largest absolute Gasteiger partial charge is 0.357 e. The van der Waals surface area contributed by atoms with E-state index >= 15 is 0 Å². The second kappa shape index (κ2) is 16.5. The molecule has 4 amide bonds. The summed E-state index contributed by atoms with van der Waals surface area (Å²) in [5, 5.41) is 8.67. The second-order valence-electron chi connectivity index (χ2n) is 13.2. The molecule has 1 saturated heterocycles. The Bertz CT molecular complexity index is 1530. The minimum atomic E-state index is -0.852. The zero-order chi connectivity index (χ0) is 34.0. The van der Waals surface area contributed by atoms with E-state index in [-0.39, 0.29) is 42.4 Å². The number of benzene rings is 1. The Balaban J connectivity index is 1.36. The van der Waals surface area contributed by atoms with Gasteiger partial charge in [-0.1, -0.05) is 56.4 Å². The third-order valence-electron chi connectivity index (χ3n) is 9.93. The molecule has 3 heterocycles. The van der Waals surface area contributed by atoms with Crippen LogP contribution in [-0.2, 0) is 32.0 Å². The number of nitrogens with zero attached hydrogens (tertiary/aromatic N) is 3. The van der Waals surface area contributed by atoms with Crippen molar-refractivity contribution in [2.45, 2.75) is 88.9 Å². The maximum absolute atomic E-state index is 14.3. The number of H-pyrrole nitrogens is 1. The second-order valence-corrected chi connectivity index (χ2v) is 13.2. The van der Waals surface area contributed by atoms with Crippen molar-refractivity contribution in [2.24, 2.45) is 17.6 Å². The highest BCUT2D eigenvalue weighted by molar-refractivity contribution is 5.93. The van der Waals surface area contributed by atoms with Gasteiger partial charge in [-0.25, -0.2) is 4.98 Å². The first-order valence-corrected chi connectivity index (χ1v) is 17.0. The Hall–Kier alpha value is -4.58. The van der Waals surface area contributed by atoms with E-state index in [1.54, 1.807) is 30.5 Å². The van der Waals surface area contributed by atoms with Crippen LogP contribution in [0.2, 0.25) is 0 Å². The number of likely N-dealkylation sites (N-methyl/N-ethyl adjacent to an activating group) is 1. The summed E-state index contributed by atoms with van der Waals surface area (Å²) in [5.74, 6) is -0.652. The van der Waals surface area contributed by atoms with E-state index in [9.17, 15) is 19.2 Å². The number of hydrogen-bond acceptors (Lipinski definition) is 7. The number of hydrogen-bond donors (Lipinski definition) is 5. The Morgan fingerprint density at radius 2 is 1.71 bits per heavy atom. The van der Waals surface area contributed by atoms with E-state index in [4.69, 9.17) is 5.73 Å². The number of nitrogens with one attached hydrogen (secondary N) is 4. The summed E-state index contributed by atoms with van der Waals surface area (Å²) in [6.07, 6.45) is 13.2. The van der Waals surface area contributed by atoms with E-state index in [0.717, 1.165) is 48.1 Å². The van der Waals surface area contributed by atoms with Gasteiger partial charge in [0.25, 0.3) is 0 Å². The van der Waals surface area contributed by atoms with Gasteiger partial charge in [0.05, 0.1) is 24.8 Å². The van der Waals surface area contributed by atoms with Crippen molar-refractivity contribution in [3.63, 3.8) is 0 Å². The molecule has 1 unspecified atom stereocenters. The minimum Gasteiger partial charge on any atom is -0.357 e. The van der Waals surface area contributed by atoms with Gasteiger partial charge in [0.1, 0.15) is 12.1 Å². The van der Waals surface area contributed by atoms with Crippen molar-refractivity contribution in [1.82, 2.24) is 35.8 Å². The number of aromatic amines is 1. The summed E-state index contributed by atoms with van der Waals surface area (Å²) >= 11 is 0. The van der Waals surface area contributed by atoms with Crippen molar-refractivity contribution in [2.75, 3.05) is 13.6 Å². The molecular formula is C36H48N8O4. The topological polar surface area (TPSA) is 175 Å². The number of imidazole rings is 1. The first-order chi connectivity index (χ1) is 23.2. The highest BCUT2D eigenvalue weighted by Gasteiger charge is 2.43. The molecule has 5 rings (SSSR count). The number of carbonyl (C=O) groups excluding carboxylic acids is 4. The lowest BCUT2D eigenvalue weighted by Gasteiger charge is -2.29. The summed E-state index contributed by atoms with van der Waals surface area (Å²) in [7, 11) is 1.54. The van der Waals surface area contributed by atoms with Crippen LogP contribution in [0.4, 0.5) is 0 Å². The minimum absolute atomic E-state index is 0.0373. The lowest BCUT2D eigenvalue weighted by Crippen LogP contribution is -2.53. The predicted octanol–water partition coefficient (Wildman–Crippen LogP) is 2.50. The SMILES string of the molecule is CNC(=O)[C@H](Cc1ccncc1)NC(=O)[C@@H]1CC(C2CCCCC2)CN1C(=O)C[C@H](NC(=O)[C@@H](N)Cc1cnc[nH]1)c1ccccc1C. The number of carbonyl (C=O) groups is 4. The Morgan fingerprint density at radius 1 is 0.958 bits per heavy atom. The Morgan fingerprint density at radius 3 is 2.40 bits per heavy atom. The molecule has 12 nitrogen and oxygen atoms in total. The van der Waals surface area contributed by atoms with Crippen molar-refractivity contribution < 1.29 is 19.2 Å². The standard InChI is InChI=1S/C36H48N8O4/c1-23-8-6-7-11-28(23)30(42-34(46)29(37)18-27-20-40-22-41-27)19-33(45)44-21-26(25-9-4-3-5-10-25)17-32(44)36(48)43-31(35(47)38-2)16-24-12-14-39-15-13-24/h6-8,11-15,20,22,25-26,29-32H,3-5,9-10,16-19,21,37H2,1-2H3,(H,38,47)(H,40,41)(H,42,46)(H,43,48)/t26?,29-,30-,31-,32-/m0/s1. The third-order valence-corrected chi connectivity index (χ3v) is 9.93. The molecular weight excluding hydrogens is 608 g/mol. The van der Waals surface area contributed by atoms with Gasteiger partial charge in [-0.05, 0) is 54.0 Å². The number of pyridine rings is 1. The van der Waals surface area contributed by atoms with E-state index in [1.165, 1.54) is 12.7 Å².